The Balaban J connectivity index is 3.03. The first-order chi connectivity index (χ1) is 5.77. The fourth-order valence-corrected chi connectivity index (χ4v) is 0.927. The normalized spacial score (nSPS) is 10.6. The fourth-order valence-electron chi connectivity index (χ4n) is 0.927. The van der Waals surface area contributed by atoms with Gasteiger partial charge < -0.3 is 4.74 Å². The van der Waals surface area contributed by atoms with Gasteiger partial charge in [-0.3, -0.25) is 4.99 Å². The van der Waals surface area contributed by atoms with Crippen LogP contribution in [0.3, 0.4) is 0 Å². The fraction of sp³-hybridized carbons (Fsp3) is 0.333. The third kappa shape index (κ3) is 1.81. The molecule has 0 saturated heterocycles. The second kappa shape index (κ2) is 3.85. The zero-order chi connectivity index (χ0) is 8.97. The van der Waals surface area contributed by atoms with E-state index in [1.54, 1.807) is 26.6 Å². The van der Waals surface area contributed by atoms with Gasteiger partial charge in [0, 0.05) is 31.1 Å². The molecule has 0 unspecified atom stereocenters. The number of hydrogen-bond acceptors (Lipinski definition) is 3. The first-order valence-electron chi connectivity index (χ1n) is 3.70. The van der Waals surface area contributed by atoms with Gasteiger partial charge in [0.1, 0.15) is 0 Å². The van der Waals surface area contributed by atoms with Crippen molar-refractivity contribution in [2.75, 3.05) is 14.2 Å². The van der Waals surface area contributed by atoms with E-state index in [9.17, 15) is 0 Å². The quantitative estimate of drug-likeness (QED) is 0.620. The Morgan fingerprint density at radius 2 is 2.33 bits per heavy atom. The summed E-state index contributed by atoms with van der Waals surface area (Å²) in [5.74, 6) is 0.640. The molecular formula is C9H12N2O. The standard InChI is InChI=1S/C9H12N2O/c1-7-4-9(12-3)11-6-8(7)5-10-2/h4-6H,1-3H3. The summed E-state index contributed by atoms with van der Waals surface area (Å²) in [5, 5.41) is 0. The van der Waals surface area contributed by atoms with Crippen molar-refractivity contribution in [2.45, 2.75) is 6.92 Å². The predicted octanol–water partition coefficient (Wildman–Crippen LogP) is 1.45. The molecule has 0 aliphatic rings. The van der Waals surface area contributed by atoms with Crippen LogP contribution in [0.25, 0.3) is 0 Å². The summed E-state index contributed by atoms with van der Waals surface area (Å²) in [7, 11) is 3.35. The van der Waals surface area contributed by atoms with Crippen LogP contribution in [0.5, 0.6) is 5.88 Å². The lowest BCUT2D eigenvalue weighted by Crippen LogP contribution is -1.92. The molecule has 0 radical (unpaired) electrons. The molecule has 64 valence electrons. The largest absolute Gasteiger partial charge is 0.481 e. The van der Waals surface area contributed by atoms with E-state index in [2.05, 4.69) is 9.98 Å². The molecule has 0 amide bonds. The summed E-state index contributed by atoms with van der Waals surface area (Å²) in [6, 6.07) is 1.89. The Bertz CT molecular complexity index is 295. The first kappa shape index (κ1) is 8.71. The molecule has 0 aromatic carbocycles. The molecule has 0 atom stereocenters. The van der Waals surface area contributed by atoms with E-state index in [-0.39, 0.29) is 0 Å². The van der Waals surface area contributed by atoms with Crippen LogP contribution >= 0.6 is 0 Å². The maximum absolute atomic E-state index is 4.97. The lowest BCUT2D eigenvalue weighted by atomic mass is 10.2. The summed E-state index contributed by atoms with van der Waals surface area (Å²) in [6.07, 6.45) is 3.53. The molecule has 1 heterocycles. The highest BCUT2D eigenvalue weighted by Gasteiger charge is 1.97. The Labute approximate surface area is 72.1 Å². The van der Waals surface area contributed by atoms with Crippen molar-refractivity contribution in [1.82, 2.24) is 4.98 Å². The Hall–Kier alpha value is -1.38. The monoisotopic (exact) mass is 164 g/mol. The molecule has 0 N–H and O–H groups in total. The highest BCUT2D eigenvalue weighted by molar-refractivity contribution is 5.81. The van der Waals surface area contributed by atoms with Gasteiger partial charge >= 0.3 is 0 Å². The SMILES string of the molecule is CN=Cc1cnc(OC)cc1C. The number of aryl methyl sites for hydroxylation is 1. The molecule has 12 heavy (non-hydrogen) atoms. The Morgan fingerprint density at radius 1 is 1.58 bits per heavy atom. The molecule has 1 aromatic rings. The van der Waals surface area contributed by atoms with Crippen molar-refractivity contribution in [3.63, 3.8) is 0 Å². The van der Waals surface area contributed by atoms with Crippen LogP contribution < -0.4 is 4.74 Å². The van der Waals surface area contributed by atoms with Crippen molar-refractivity contribution in [3.05, 3.63) is 23.4 Å². The topological polar surface area (TPSA) is 34.5 Å². The smallest absolute Gasteiger partial charge is 0.213 e. The highest BCUT2D eigenvalue weighted by Crippen LogP contribution is 2.11. The predicted molar refractivity (Wildman–Crippen MR) is 49.0 cm³/mol. The van der Waals surface area contributed by atoms with Gasteiger partial charge in [0.25, 0.3) is 0 Å². The van der Waals surface area contributed by atoms with E-state index >= 15 is 0 Å². The minimum atomic E-state index is 0.640. The van der Waals surface area contributed by atoms with Gasteiger partial charge in [0.2, 0.25) is 5.88 Å². The molecule has 0 fully saturated rings. The minimum absolute atomic E-state index is 0.640. The minimum Gasteiger partial charge on any atom is -0.481 e. The van der Waals surface area contributed by atoms with Crippen LogP contribution in [-0.2, 0) is 0 Å². The molecule has 1 aromatic heterocycles. The molecule has 1 rings (SSSR count). The zero-order valence-corrected chi connectivity index (χ0v) is 7.53. The van der Waals surface area contributed by atoms with Crippen molar-refractivity contribution < 1.29 is 4.74 Å². The number of nitrogens with zero attached hydrogens (tertiary/aromatic N) is 2. The molecule has 3 heteroatoms. The second-order valence-electron chi connectivity index (χ2n) is 2.47. The van der Waals surface area contributed by atoms with Gasteiger partial charge in [0.05, 0.1) is 7.11 Å². The molecule has 0 spiro atoms. The third-order valence-electron chi connectivity index (χ3n) is 1.60. The third-order valence-corrected chi connectivity index (χ3v) is 1.60. The molecule has 3 nitrogen and oxygen atoms in total. The number of pyridine rings is 1. The number of methoxy groups -OCH3 is 1. The zero-order valence-electron chi connectivity index (χ0n) is 7.53. The number of hydrogen-bond donors (Lipinski definition) is 0. The lowest BCUT2D eigenvalue weighted by Gasteiger charge is -2.01. The van der Waals surface area contributed by atoms with Crippen molar-refractivity contribution >= 4 is 6.21 Å². The first-order valence-corrected chi connectivity index (χ1v) is 3.70. The van der Waals surface area contributed by atoms with E-state index in [0.29, 0.717) is 5.88 Å². The van der Waals surface area contributed by atoms with E-state index in [1.807, 2.05) is 13.0 Å². The maximum atomic E-state index is 4.97. The Morgan fingerprint density at radius 3 is 2.83 bits per heavy atom. The molecule has 0 aliphatic heterocycles. The maximum Gasteiger partial charge on any atom is 0.213 e. The van der Waals surface area contributed by atoms with Crippen molar-refractivity contribution in [3.8, 4) is 5.88 Å². The molecule has 0 saturated carbocycles. The second-order valence-corrected chi connectivity index (χ2v) is 2.47. The highest BCUT2D eigenvalue weighted by atomic mass is 16.5. The van der Waals surface area contributed by atoms with E-state index in [4.69, 9.17) is 4.74 Å². The summed E-state index contributed by atoms with van der Waals surface area (Å²) >= 11 is 0. The summed E-state index contributed by atoms with van der Waals surface area (Å²) in [6.45, 7) is 2.00. The summed E-state index contributed by atoms with van der Waals surface area (Å²) in [5.41, 5.74) is 2.14. The van der Waals surface area contributed by atoms with E-state index in [0.717, 1.165) is 11.1 Å². The molecule has 0 bridgehead atoms. The van der Waals surface area contributed by atoms with Crippen LogP contribution in [0.1, 0.15) is 11.1 Å². The van der Waals surface area contributed by atoms with Crippen LogP contribution in [0.2, 0.25) is 0 Å². The average Bonchev–Trinajstić information content (AvgIpc) is 2.09. The van der Waals surface area contributed by atoms with Gasteiger partial charge in [-0.05, 0) is 12.5 Å². The van der Waals surface area contributed by atoms with Gasteiger partial charge in [-0.2, -0.15) is 0 Å². The number of aromatic nitrogens is 1. The van der Waals surface area contributed by atoms with Crippen LogP contribution in [0, 0.1) is 6.92 Å². The van der Waals surface area contributed by atoms with Crippen LogP contribution in [0.4, 0.5) is 0 Å². The van der Waals surface area contributed by atoms with Gasteiger partial charge in [0.15, 0.2) is 0 Å². The summed E-state index contributed by atoms with van der Waals surface area (Å²) in [4.78, 5) is 7.98. The average molecular weight is 164 g/mol. The number of aliphatic imine (C=N–C) groups is 1. The van der Waals surface area contributed by atoms with Gasteiger partial charge in [-0.25, -0.2) is 4.98 Å². The molecule has 0 aliphatic carbocycles. The van der Waals surface area contributed by atoms with Crippen molar-refractivity contribution in [2.24, 2.45) is 4.99 Å². The van der Waals surface area contributed by atoms with Gasteiger partial charge in [-0.15, -0.1) is 0 Å². The summed E-state index contributed by atoms with van der Waals surface area (Å²) < 4.78 is 4.97. The Kier molecular flexibility index (Phi) is 2.80. The number of rotatable bonds is 2. The number of ether oxygens (including phenoxy) is 1. The molecular weight excluding hydrogens is 152 g/mol. The lowest BCUT2D eigenvalue weighted by molar-refractivity contribution is 0.397. The van der Waals surface area contributed by atoms with Crippen LogP contribution in [0.15, 0.2) is 17.3 Å². The van der Waals surface area contributed by atoms with Crippen molar-refractivity contribution in [1.29, 1.82) is 0 Å². The van der Waals surface area contributed by atoms with Gasteiger partial charge in [-0.1, -0.05) is 0 Å². The van der Waals surface area contributed by atoms with Crippen LogP contribution in [-0.4, -0.2) is 25.4 Å². The van der Waals surface area contributed by atoms with E-state index in [1.165, 1.54) is 0 Å². The van der Waals surface area contributed by atoms with E-state index < -0.39 is 0 Å².